The first-order chi connectivity index (χ1) is 14.5. The number of amides is 2. The molecule has 3 fully saturated rings. The summed E-state index contributed by atoms with van der Waals surface area (Å²) < 4.78 is 0. The lowest BCUT2D eigenvalue weighted by atomic mass is 9.81. The van der Waals surface area contributed by atoms with Crippen molar-refractivity contribution in [3.8, 4) is 0 Å². The zero-order valence-corrected chi connectivity index (χ0v) is 17.8. The van der Waals surface area contributed by atoms with Gasteiger partial charge in [0.2, 0.25) is 0 Å². The molecule has 1 unspecified atom stereocenters. The van der Waals surface area contributed by atoms with E-state index in [9.17, 15) is 9.90 Å². The second-order valence-corrected chi connectivity index (χ2v) is 8.93. The van der Waals surface area contributed by atoms with Gasteiger partial charge in [0.25, 0.3) is 6.47 Å². The fourth-order valence-corrected chi connectivity index (χ4v) is 5.18. The summed E-state index contributed by atoms with van der Waals surface area (Å²) in [5, 5.41) is 21.4. The highest BCUT2D eigenvalue weighted by Crippen LogP contribution is 2.34. The van der Waals surface area contributed by atoms with Crippen molar-refractivity contribution in [1.82, 2.24) is 15.1 Å². The zero-order chi connectivity index (χ0) is 21.5. The Balaban J connectivity index is 0.000000806. The van der Waals surface area contributed by atoms with Crippen LogP contribution in [0.2, 0.25) is 0 Å². The Bertz CT molecular complexity index is 687. The number of nitrogens with one attached hydrogen (secondary N) is 1. The smallest absolute Gasteiger partial charge is 0.317 e. The van der Waals surface area contributed by atoms with Gasteiger partial charge in [-0.2, -0.15) is 0 Å². The van der Waals surface area contributed by atoms with Crippen molar-refractivity contribution in [3.63, 3.8) is 0 Å². The Hall–Kier alpha value is -2.12. The minimum atomic E-state index is -0.923. The van der Waals surface area contributed by atoms with Crippen LogP contribution in [-0.4, -0.2) is 70.8 Å². The van der Waals surface area contributed by atoms with Gasteiger partial charge >= 0.3 is 6.03 Å². The number of likely N-dealkylation sites (tertiary alicyclic amines) is 2. The summed E-state index contributed by atoms with van der Waals surface area (Å²) in [5.41, 5.74) is -0.106. The minimum absolute atomic E-state index is 0.00273. The predicted octanol–water partition coefficient (Wildman–Crippen LogP) is 2.79. The van der Waals surface area contributed by atoms with Gasteiger partial charge in [-0.1, -0.05) is 49.6 Å². The third-order valence-electron chi connectivity index (χ3n) is 6.75. The van der Waals surface area contributed by atoms with Crippen molar-refractivity contribution in [2.75, 3.05) is 32.7 Å². The lowest BCUT2D eigenvalue weighted by molar-refractivity contribution is -0.122. The molecule has 4 rings (SSSR count). The molecule has 1 saturated carbocycles. The predicted molar refractivity (Wildman–Crippen MR) is 115 cm³/mol. The zero-order valence-electron chi connectivity index (χ0n) is 17.8. The maximum Gasteiger partial charge on any atom is 0.317 e. The molecule has 3 N–H and O–H groups in total. The van der Waals surface area contributed by atoms with E-state index in [-0.39, 0.29) is 18.0 Å². The standard InChI is InChI=1S/C22H33N3O2.CH2O2/c26-20(25-16-13-22(27,18-25)19-9-3-1-4-10-19)23-21(11-5-2-6-12-21)17-24-14-7-8-15-24;2-1-3/h1,3-4,9-10,27H,2,5-8,11-18H2,(H,23,26);1H,(H,2,3). The second-order valence-electron chi connectivity index (χ2n) is 8.93. The van der Waals surface area contributed by atoms with Gasteiger partial charge in [0.05, 0.1) is 12.1 Å². The van der Waals surface area contributed by atoms with Crippen molar-refractivity contribution >= 4 is 12.5 Å². The van der Waals surface area contributed by atoms with Crippen LogP contribution in [0.15, 0.2) is 30.3 Å². The molecule has 1 aromatic rings. The average molecular weight is 418 g/mol. The molecule has 30 heavy (non-hydrogen) atoms. The maximum atomic E-state index is 13.1. The first kappa shape index (κ1) is 22.6. The normalized spacial score (nSPS) is 26.0. The van der Waals surface area contributed by atoms with Crippen molar-refractivity contribution in [1.29, 1.82) is 0 Å². The van der Waals surface area contributed by atoms with E-state index >= 15 is 0 Å². The summed E-state index contributed by atoms with van der Waals surface area (Å²) in [4.78, 5) is 25.8. The number of benzene rings is 1. The summed E-state index contributed by atoms with van der Waals surface area (Å²) in [5.74, 6) is 0. The number of nitrogens with zero attached hydrogens (tertiary/aromatic N) is 2. The van der Waals surface area contributed by atoms with E-state index in [0.717, 1.165) is 38.0 Å². The van der Waals surface area contributed by atoms with E-state index in [1.54, 1.807) is 0 Å². The van der Waals surface area contributed by atoms with E-state index in [2.05, 4.69) is 10.2 Å². The maximum absolute atomic E-state index is 13.1. The quantitative estimate of drug-likeness (QED) is 0.655. The highest BCUT2D eigenvalue weighted by molar-refractivity contribution is 5.75. The number of rotatable bonds is 4. The molecule has 2 heterocycles. The molecular formula is C23H35N3O4. The van der Waals surface area contributed by atoms with Crippen LogP contribution < -0.4 is 5.32 Å². The van der Waals surface area contributed by atoms with Gasteiger partial charge in [-0.15, -0.1) is 0 Å². The number of carbonyl (C=O) groups is 2. The Kier molecular flexibility index (Phi) is 7.72. The molecule has 166 valence electrons. The number of hydrogen-bond acceptors (Lipinski definition) is 4. The summed E-state index contributed by atoms with van der Waals surface area (Å²) in [6.07, 6.45) is 8.97. The molecule has 7 nitrogen and oxygen atoms in total. The highest BCUT2D eigenvalue weighted by atomic mass is 16.3. The molecule has 1 atom stereocenters. The summed E-state index contributed by atoms with van der Waals surface area (Å²) >= 11 is 0. The van der Waals surface area contributed by atoms with Gasteiger partial charge in [-0.3, -0.25) is 4.79 Å². The van der Waals surface area contributed by atoms with Crippen LogP contribution in [0.5, 0.6) is 0 Å². The van der Waals surface area contributed by atoms with Crippen LogP contribution in [0.1, 0.15) is 56.9 Å². The van der Waals surface area contributed by atoms with E-state index in [1.807, 2.05) is 35.2 Å². The van der Waals surface area contributed by atoms with Gasteiger partial charge in [0.15, 0.2) is 0 Å². The molecule has 0 bridgehead atoms. The first-order valence-electron chi connectivity index (χ1n) is 11.2. The van der Waals surface area contributed by atoms with Gasteiger partial charge in [-0.25, -0.2) is 4.79 Å². The molecule has 0 aromatic heterocycles. The molecule has 2 aliphatic heterocycles. The third kappa shape index (κ3) is 5.52. The van der Waals surface area contributed by atoms with Crippen molar-refractivity contribution < 1.29 is 19.8 Å². The third-order valence-corrected chi connectivity index (χ3v) is 6.75. The largest absolute Gasteiger partial charge is 0.483 e. The van der Waals surface area contributed by atoms with Gasteiger partial charge < -0.3 is 25.3 Å². The summed E-state index contributed by atoms with van der Waals surface area (Å²) in [7, 11) is 0. The second kappa shape index (κ2) is 10.3. The molecule has 7 heteroatoms. The summed E-state index contributed by atoms with van der Waals surface area (Å²) in [6, 6.07) is 9.77. The number of hydrogen-bond donors (Lipinski definition) is 3. The molecule has 1 aromatic carbocycles. The monoisotopic (exact) mass is 417 g/mol. The Morgan fingerprint density at radius 3 is 2.27 bits per heavy atom. The molecule has 0 radical (unpaired) electrons. The fourth-order valence-electron chi connectivity index (χ4n) is 5.18. The molecule has 0 spiro atoms. The highest BCUT2D eigenvalue weighted by Gasteiger charge is 2.42. The fraction of sp³-hybridized carbons (Fsp3) is 0.652. The Labute approximate surface area is 179 Å². The van der Waals surface area contributed by atoms with E-state index < -0.39 is 5.60 Å². The van der Waals surface area contributed by atoms with Gasteiger partial charge in [-0.05, 0) is 50.8 Å². The number of carbonyl (C=O) groups excluding carboxylic acids is 1. The Morgan fingerprint density at radius 1 is 1.00 bits per heavy atom. The molecule has 1 aliphatic carbocycles. The van der Waals surface area contributed by atoms with Crippen molar-refractivity contribution in [2.24, 2.45) is 0 Å². The molecule has 2 amide bonds. The van der Waals surface area contributed by atoms with Crippen LogP contribution in [0.4, 0.5) is 4.79 Å². The Morgan fingerprint density at radius 2 is 1.63 bits per heavy atom. The van der Waals surface area contributed by atoms with Crippen LogP contribution in [0.25, 0.3) is 0 Å². The van der Waals surface area contributed by atoms with E-state index in [4.69, 9.17) is 9.90 Å². The molecular weight excluding hydrogens is 382 g/mol. The molecule has 3 aliphatic rings. The van der Waals surface area contributed by atoms with Crippen LogP contribution in [0, 0.1) is 0 Å². The van der Waals surface area contributed by atoms with Gasteiger partial charge in [0.1, 0.15) is 5.60 Å². The first-order valence-corrected chi connectivity index (χ1v) is 11.2. The minimum Gasteiger partial charge on any atom is -0.483 e. The van der Waals surface area contributed by atoms with E-state index in [0.29, 0.717) is 19.5 Å². The topological polar surface area (TPSA) is 93.1 Å². The lowest BCUT2D eigenvalue weighted by Gasteiger charge is -2.41. The number of aliphatic hydroxyl groups is 1. The lowest BCUT2D eigenvalue weighted by Crippen LogP contribution is -2.59. The van der Waals surface area contributed by atoms with E-state index in [1.165, 1.54) is 32.1 Å². The SMILES string of the molecule is O=C(NC1(CN2CCCC2)CCCCC1)N1CCC(O)(c2ccccc2)C1.O=CO. The van der Waals surface area contributed by atoms with Crippen molar-refractivity contribution in [2.45, 2.75) is 62.5 Å². The van der Waals surface area contributed by atoms with Crippen LogP contribution in [-0.2, 0) is 10.4 Å². The average Bonchev–Trinajstić information content (AvgIpc) is 3.40. The molecule has 2 saturated heterocycles. The number of carboxylic acid groups (broad SMARTS) is 1. The van der Waals surface area contributed by atoms with Crippen LogP contribution in [0.3, 0.4) is 0 Å². The summed E-state index contributed by atoms with van der Waals surface area (Å²) in [6.45, 7) is 4.04. The van der Waals surface area contributed by atoms with Crippen LogP contribution >= 0.6 is 0 Å². The van der Waals surface area contributed by atoms with Gasteiger partial charge in [0, 0.05) is 13.1 Å². The van der Waals surface area contributed by atoms with Crippen molar-refractivity contribution in [3.05, 3.63) is 35.9 Å². The number of urea groups is 1. The number of β-amino-alcohol motifs (C(OH)–C–C–N with tert-alkyl or cyclic N) is 1.